The largest absolute Gasteiger partial charge is 0.468 e. The maximum absolute atomic E-state index is 9.27. The first-order valence-corrected chi connectivity index (χ1v) is 11.0. The number of hydrogen-bond donors (Lipinski definition) is 0. The van der Waals surface area contributed by atoms with Crippen molar-refractivity contribution >= 4 is 68.4 Å². The van der Waals surface area contributed by atoms with Crippen LogP contribution in [0.3, 0.4) is 0 Å². The Bertz CT molecular complexity index is 2850. The van der Waals surface area contributed by atoms with E-state index in [1.54, 1.807) is 0 Å². The van der Waals surface area contributed by atoms with Gasteiger partial charge in [-0.15, -0.1) is 0 Å². The molecule has 6 aromatic rings. The predicted molar refractivity (Wildman–Crippen MR) is 155 cm³/mol. The highest BCUT2D eigenvalue weighted by Gasteiger charge is 2.46. The normalized spacial score (nSPS) is 21.7. The van der Waals surface area contributed by atoms with E-state index in [-0.39, 0.29) is 39.0 Å². The molecule has 2 aliphatic rings. The molecule has 2 aliphatic heterocycles. The van der Waals surface area contributed by atoms with E-state index >= 15 is 0 Å². The van der Waals surface area contributed by atoms with E-state index in [1.807, 2.05) is 0 Å². The molecule has 0 fully saturated rings. The summed E-state index contributed by atoms with van der Waals surface area (Å²) >= 11 is 0. The fourth-order valence-corrected chi connectivity index (χ4v) is 5.06. The van der Waals surface area contributed by atoms with Crippen LogP contribution < -0.4 is 26.4 Å². The average molecular weight is 496 g/mol. The molecule has 174 valence electrons. The minimum Gasteiger partial charge on any atom is -0.468 e. The summed E-state index contributed by atoms with van der Waals surface area (Å²) < 4.78 is 189. The number of rotatable bonds is 2. The lowest BCUT2D eigenvalue weighted by atomic mass is 9.35. The van der Waals surface area contributed by atoms with Gasteiger partial charge in [-0.1, -0.05) is 66.5 Å². The number of hydrogen-bond acceptors (Lipinski definition) is 3. The number of nitrogens with zero attached hydrogens (tertiary/aromatic N) is 2. The summed E-state index contributed by atoms with van der Waals surface area (Å²) in [6, 6.07) is -12.2. The van der Waals surface area contributed by atoms with Crippen LogP contribution in [0.15, 0.2) is 125 Å². The SMILES string of the molecule is [2H]c1c([2H])c([2H])c(N2c3cc(C([2H])([2H])[2H])cc4c3B(c3oc5c([2H])c([2H])c([2H])c([2H])c5c3N4c3c([2H])c([2H])c([2H])c([2H])c3[2H])c3c([2H])c([2H])c([2H])c([2H])c32)c([2H])c1[2H]. The van der Waals surface area contributed by atoms with Crippen LogP contribution in [-0.4, -0.2) is 6.71 Å². The monoisotopic (exact) mass is 495 g/mol. The number of benzene rings is 5. The number of para-hydroxylation sites is 4. The molecule has 3 heterocycles. The van der Waals surface area contributed by atoms with Gasteiger partial charge in [0.1, 0.15) is 5.58 Å². The fourth-order valence-electron chi connectivity index (χ4n) is 5.06. The zero-order chi connectivity index (χ0) is 42.7. The molecule has 0 saturated heterocycles. The van der Waals surface area contributed by atoms with Crippen molar-refractivity contribution in [2.75, 3.05) is 9.80 Å². The first-order valence-electron chi connectivity index (χ1n) is 21.5. The van der Waals surface area contributed by atoms with E-state index in [1.165, 1.54) is 0 Å². The lowest BCUT2D eigenvalue weighted by Gasteiger charge is -2.42. The van der Waals surface area contributed by atoms with E-state index < -0.39 is 151 Å². The number of fused-ring (bicyclic) bond motifs is 6. The Morgan fingerprint density at radius 1 is 0.676 bits per heavy atom. The first-order chi connectivity index (χ1) is 27.0. The van der Waals surface area contributed by atoms with Crippen molar-refractivity contribution < 1.29 is 33.2 Å². The van der Waals surface area contributed by atoms with Gasteiger partial charge < -0.3 is 14.2 Å². The van der Waals surface area contributed by atoms with Crippen molar-refractivity contribution in [1.29, 1.82) is 0 Å². The molecule has 0 saturated carbocycles. The predicted octanol–water partition coefficient (Wildman–Crippen LogP) is 6.82. The maximum atomic E-state index is 9.27. The molecular formula is C33H23BN2O. The van der Waals surface area contributed by atoms with Crippen LogP contribution in [0.4, 0.5) is 34.1 Å². The molecule has 37 heavy (non-hydrogen) atoms. The van der Waals surface area contributed by atoms with Gasteiger partial charge in [0.05, 0.1) is 36.0 Å². The molecular weight excluding hydrogens is 451 g/mol. The van der Waals surface area contributed by atoms with Crippen molar-refractivity contribution in [3.8, 4) is 0 Å². The van der Waals surface area contributed by atoms with E-state index in [0.29, 0.717) is 0 Å². The van der Waals surface area contributed by atoms with Crippen molar-refractivity contribution in [2.45, 2.75) is 6.85 Å². The molecule has 0 aliphatic carbocycles. The van der Waals surface area contributed by atoms with Crippen molar-refractivity contribution in [1.82, 2.24) is 0 Å². The van der Waals surface area contributed by atoms with Gasteiger partial charge in [-0.05, 0) is 77.8 Å². The smallest absolute Gasteiger partial charge is 0.297 e. The summed E-state index contributed by atoms with van der Waals surface area (Å²) in [6.07, 6.45) is 0. The summed E-state index contributed by atoms with van der Waals surface area (Å²) in [5, 5.41) is -0.380. The highest BCUT2D eigenvalue weighted by Crippen LogP contribution is 2.46. The summed E-state index contributed by atoms with van der Waals surface area (Å²) in [4.78, 5) is 1.91. The Kier molecular flexibility index (Phi) is 1.80. The van der Waals surface area contributed by atoms with Gasteiger partial charge in [0.2, 0.25) is 0 Å². The van der Waals surface area contributed by atoms with Crippen LogP contribution in [0.1, 0.15) is 34.3 Å². The number of furan rings is 1. The summed E-state index contributed by atoms with van der Waals surface area (Å²) in [7, 11) is 0. The average Bonchev–Trinajstić information content (AvgIpc) is 3.58. The zero-order valence-electron chi connectivity index (χ0n) is 39.5. The van der Waals surface area contributed by atoms with E-state index in [0.717, 1.165) is 21.9 Å². The Morgan fingerprint density at radius 3 is 2.05 bits per heavy atom. The third kappa shape index (κ3) is 2.84. The van der Waals surface area contributed by atoms with E-state index in [4.69, 9.17) is 30.5 Å². The van der Waals surface area contributed by atoms with Crippen LogP contribution in [0, 0.1) is 6.85 Å². The lowest BCUT2D eigenvalue weighted by molar-refractivity contribution is 0.651. The molecule has 0 unspecified atom stereocenters. The summed E-state index contributed by atoms with van der Waals surface area (Å²) in [5.74, 6) is 0. The Labute approximate surface area is 245 Å². The van der Waals surface area contributed by atoms with Gasteiger partial charge in [-0.2, -0.15) is 0 Å². The van der Waals surface area contributed by atoms with E-state index in [9.17, 15) is 2.74 Å². The third-order valence-electron chi connectivity index (χ3n) is 6.36. The third-order valence-corrected chi connectivity index (χ3v) is 6.36. The van der Waals surface area contributed by atoms with Crippen molar-refractivity contribution in [3.05, 3.63) is 126 Å². The summed E-state index contributed by atoms with van der Waals surface area (Å²) in [5.41, 5.74) is -4.62. The van der Waals surface area contributed by atoms with Gasteiger partial charge >= 0.3 is 0 Å². The minimum absolute atomic E-state index is 0.147. The molecule has 0 amide bonds. The van der Waals surface area contributed by atoms with Crippen LogP contribution in [0.2, 0.25) is 0 Å². The molecule has 8 rings (SSSR count). The molecule has 0 radical (unpaired) electrons. The van der Waals surface area contributed by atoms with Gasteiger partial charge in [-0.25, -0.2) is 0 Å². The van der Waals surface area contributed by atoms with Gasteiger partial charge in [0.25, 0.3) is 6.71 Å². The Hall–Kier alpha value is -4.70. The highest BCUT2D eigenvalue weighted by atomic mass is 16.3. The lowest BCUT2D eigenvalue weighted by Crippen LogP contribution is -2.61. The summed E-state index contributed by atoms with van der Waals surface area (Å²) in [6.45, 7) is -4.62. The standard InChI is InChI=1S/C33H23BN2O/c1-22-20-28-31-29(21-22)36(24-14-6-3-7-15-24)32-25-16-8-11-19-30(25)37-33(32)34(31)26-17-9-10-18-27(26)35(28)23-12-4-2-5-13-23/h2-21H,1H3/i1D3,2D,3D,4D,5D,6D,7D,8D,9D,10D,11D,12D,13D,14D,15D,16D,17D,18D,19D. The van der Waals surface area contributed by atoms with Crippen molar-refractivity contribution in [3.63, 3.8) is 0 Å². The Balaban J connectivity index is 1.70. The van der Waals surface area contributed by atoms with Crippen LogP contribution in [0.25, 0.3) is 11.0 Å². The second kappa shape index (κ2) is 7.65. The zero-order valence-corrected chi connectivity index (χ0v) is 18.5. The fraction of sp³-hybridized carbons (Fsp3) is 0.0303. The minimum atomic E-state index is -3.03. The van der Waals surface area contributed by atoms with Crippen LogP contribution >= 0.6 is 0 Å². The quantitative estimate of drug-likeness (QED) is 0.245. The van der Waals surface area contributed by atoms with Gasteiger partial charge in [0, 0.05) is 37.9 Å². The molecule has 0 bridgehead atoms. The molecule has 3 nitrogen and oxygen atoms in total. The number of anilines is 6. The molecule has 4 heteroatoms. The Morgan fingerprint density at radius 2 is 1.30 bits per heavy atom. The maximum Gasteiger partial charge on any atom is 0.297 e. The van der Waals surface area contributed by atoms with Crippen molar-refractivity contribution in [2.24, 2.45) is 0 Å². The molecule has 5 aromatic carbocycles. The van der Waals surface area contributed by atoms with Crippen LogP contribution in [-0.2, 0) is 0 Å². The topological polar surface area (TPSA) is 19.6 Å². The first kappa shape index (κ1) is 8.71. The molecule has 0 N–H and O–H groups in total. The number of aryl methyl sites for hydroxylation is 1. The highest BCUT2D eigenvalue weighted by molar-refractivity contribution is 6.99. The van der Waals surface area contributed by atoms with Gasteiger partial charge in [0.15, 0.2) is 0 Å². The van der Waals surface area contributed by atoms with E-state index in [2.05, 4.69) is 0 Å². The molecule has 0 spiro atoms. The second-order valence-corrected chi connectivity index (χ2v) is 8.26. The molecule has 0 atom stereocenters. The second-order valence-electron chi connectivity index (χ2n) is 8.26. The molecule has 1 aromatic heterocycles. The van der Waals surface area contributed by atoms with Crippen LogP contribution in [0.5, 0.6) is 0 Å². The van der Waals surface area contributed by atoms with Gasteiger partial charge in [-0.3, -0.25) is 0 Å².